The van der Waals surface area contributed by atoms with Gasteiger partial charge in [-0.2, -0.15) is 0 Å². The van der Waals surface area contributed by atoms with E-state index in [0.29, 0.717) is 12.8 Å². The molecule has 13 heteroatoms. The first-order valence-electron chi connectivity index (χ1n) is 12.2. The van der Waals surface area contributed by atoms with Crippen molar-refractivity contribution >= 4 is 0 Å². The smallest absolute Gasteiger partial charge is 0.330 e. The molecule has 0 saturated carbocycles. The van der Waals surface area contributed by atoms with Gasteiger partial charge in [0.2, 0.25) is 0 Å². The van der Waals surface area contributed by atoms with Crippen LogP contribution in [0.3, 0.4) is 0 Å². The standard InChI is InChI=1S/2C13H16N2O4.CH4.Ac/c2*1-4-13(5-2)8(3)10(17)11(19-13)15-7-6-9(16)14-12(15)18;;/h2*1,6-8,10-11,17H,5H2,2-3H3,(H,14,16,18);1H4;/t2*8?,10?,11-,13-;;/m11../s1. The van der Waals surface area contributed by atoms with Crippen molar-refractivity contribution in [1.82, 2.24) is 19.1 Å². The minimum absolute atomic E-state index is 0. The SMILES string of the molecule is C.C#C[C@]1(CC)O[C@@H](n2ccc(=O)[nH]c2=O)C(O)C1C.C#C[C@]1(CC)O[C@@H](n2ccc(=O)[nH]c2=O)C(O)C1C.[Ac]. The molecule has 2 aromatic heterocycles. The van der Waals surface area contributed by atoms with E-state index in [1.807, 2.05) is 13.8 Å². The van der Waals surface area contributed by atoms with E-state index in [1.54, 1.807) is 13.8 Å². The zero-order valence-corrected chi connectivity index (χ0v) is 26.9. The van der Waals surface area contributed by atoms with Crippen molar-refractivity contribution < 1.29 is 63.7 Å². The number of nitrogens with one attached hydrogen (secondary N) is 2. The van der Waals surface area contributed by atoms with Crippen LogP contribution in [0.15, 0.2) is 43.7 Å². The number of ether oxygens (including phenoxy) is 2. The monoisotopic (exact) mass is 771 g/mol. The van der Waals surface area contributed by atoms with E-state index in [1.165, 1.54) is 24.5 Å². The van der Waals surface area contributed by atoms with E-state index >= 15 is 0 Å². The molecule has 0 amide bonds. The van der Waals surface area contributed by atoms with E-state index in [0.717, 1.165) is 9.13 Å². The van der Waals surface area contributed by atoms with Crippen LogP contribution < -0.4 is 22.5 Å². The second-order valence-corrected chi connectivity index (χ2v) is 9.38. The summed E-state index contributed by atoms with van der Waals surface area (Å²) in [5.41, 5.74) is -4.07. The third-order valence-corrected chi connectivity index (χ3v) is 7.53. The van der Waals surface area contributed by atoms with Gasteiger partial charge in [-0.25, -0.2) is 9.59 Å². The number of aliphatic hydroxyl groups excluding tert-OH is 2. The van der Waals surface area contributed by atoms with Crippen LogP contribution in [0.25, 0.3) is 0 Å². The summed E-state index contributed by atoms with van der Waals surface area (Å²) in [4.78, 5) is 49.8. The van der Waals surface area contributed by atoms with Crippen molar-refractivity contribution in [2.45, 2.75) is 83.8 Å². The fourth-order valence-corrected chi connectivity index (χ4v) is 4.87. The Bertz CT molecular complexity index is 1370. The van der Waals surface area contributed by atoms with Crippen LogP contribution in [0.5, 0.6) is 0 Å². The average molecular weight is 772 g/mol. The number of hydrogen-bond donors (Lipinski definition) is 4. The summed E-state index contributed by atoms with van der Waals surface area (Å²) in [6, 6.07) is 2.40. The fraction of sp³-hybridized carbons (Fsp3) is 0.556. The summed E-state index contributed by atoms with van der Waals surface area (Å²) in [5.74, 6) is 4.51. The molecule has 0 bridgehead atoms. The van der Waals surface area contributed by atoms with E-state index in [2.05, 4.69) is 21.8 Å². The van der Waals surface area contributed by atoms with E-state index in [-0.39, 0.29) is 63.3 Å². The van der Waals surface area contributed by atoms with E-state index in [9.17, 15) is 29.4 Å². The molecular formula is C27H36AcN4O8. The van der Waals surface area contributed by atoms with Gasteiger partial charge in [0.15, 0.2) is 12.5 Å². The maximum Gasteiger partial charge on any atom is 0.330 e. The first kappa shape index (κ1) is 35.8. The Hall–Kier alpha value is -2.24. The van der Waals surface area contributed by atoms with E-state index < -0.39 is 58.4 Å². The summed E-state index contributed by atoms with van der Waals surface area (Å²) in [6.07, 6.45) is 11.0. The molecule has 0 aromatic carbocycles. The van der Waals surface area contributed by atoms with Crippen molar-refractivity contribution in [2.24, 2.45) is 11.8 Å². The van der Waals surface area contributed by atoms with Crippen molar-refractivity contribution in [3.8, 4) is 24.7 Å². The molecule has 4 unspecified atom stereocenters. The second-order valence-electron chi connectivity index (χ2n) is 9.38. The van der Waals surface area contributed by atoms with Gasteiger partial charge in [-0.1, -0.05) is 47.0 Å². The predicted octanol–water partition coefficient (Wildman–Crippen LogP) is 0.325. The van der Waals surface area contributed by atoms with Crippen molar-refractivity contribution in [2.75, 3.05) is 0 Å². The zero-order chi connectivity index (χ0) is 28.4. The summed E-state index contributed by atoms with van der Waals surface area (Å²) in [7, 11) is 0. The maximum atomic E-state index is 11.7. The minimum atomic E-state index is -0.917. The molecule has 2 fully saturated rings. The van der Waals surface area contributed by atoms with Crippen LogP contribution in [-0.4, -0.2) is 52.7 Å². The molecule has 0 spiro atoms. The number of rotatable bonds is 4. The maximum absolute atomic E-state index is 11.7. The molecular weight excluding hydrogens is 735 g/mol. The minimum Gasteiger partial charge on any atom is -0.388 e. The molecule has 2 saturated heterocycles. The van der Waals surface area contributed by atoms with Crippen LogP contribution >= 0.6 is 0 Å². The molecule has 2 aromatic rings. The van der Waals surface area contributed by atoms with Gasteiger partial charge in [0, 0.05) is 80.4 Å². The number of nitrogens with zero attached hydrogens (tertiary/aromatic N) is 2. The summed E-state index contributed by atoms with van der Waals surface area (Å²) in [5, 5.41) is 20.5. The molecule has 12 nitrogen and oxygen atoms in total. The summed E-state index contributed by atoms with van der Waals surface area (Å²) < 4.78 is 13.8. The summed E-state index contributed by atoms with van der Waals surface area (Å²) >= 11 is 0. The second kappa shape index (κ2) is 14.1. The molecule has 215 valence electrons. The molecule has 8 atom stereocenters. The van der Waals surface area contributed by atoms with E-state index in [4.69, 9.17) is 22.3 Å². The first-order valence-corrected chi connectivity index (χ1v) is 12.2. The largest absolute Gasteiger partial charge is 0.388 e. The molecule has 4 N–H and O–H groups in total. The molecule has 2 aliphatic rings. The van der Waals surface area contributed by atoms with Gasteiger partial charge in [0.1, 0.15) is 23.4 Å². The number of hydrogen-bond acceptors (Lipinski definition) is 8. The number of aromatic nitrogens is 4. The molecule has 4 rings (SSSR count). The molecule has 2 aliphatic heterocycles. The Morgan fingerprint density at radius 3 is 1.38 bits per heavy atom. The van der Waals surface area contributed by atoms with Crippen molar-refractivity contribution in [3.05, 3.63) is 66.2 Å². The van der Waals surface area contributed by atoms with Crippen LogP contribution in [-0.2, 0) is 9.47 Å². The molecule has 4 heterocycles. The molecule has 40 heavy (non-hydrogen) atoms. The Kier molecular flexibility index (Phi) is 12.6. The van der Waals surface area contributed by atoms with Gasteiger partial charge in [-0.3, -0.25) is 28.7 Å². The number of terminal acetylenes is 2. The fourth-order valence-electron chi connectivity index (χ4n) is 4.87. The Balaban J connectivity index is 0.000000381. The van der Waals surface area contributed by atoms with Gasteiger partial charge in [0.05, 0.1) is 0 Å². The first-order chi connectivity index (χ1) is 17.9. The number of aromatic amines is 2. The van der Waals surface area contributed by atoms with Crippen LogP contribution in [0, 0.1) is 80.6 Å². The summed E-state index contributed by atoms with van der Waals surface area (Å²) in [6.45, 7) is 7.29. The molecule has 1 radical (unpaired) electrons. The Labute approximate surface area is 267 Å². The third-order valence-electron chi connectivity index (χ3n) is 7.53. The van der Waals surface area contributed by atoms with Gasteiger partial charge in [0.25, 0.3) is 11.1 Å². The topological polar surface area (TPSA) is 169 Å². The van der Waals surface area contributed by atoms with Crippen LogP contribution in [0.4, 0.5) is 0 Å². The van der Waals surface area contributed by atoms with Gasteiger partial charge >= 0.3 is 11.4 Å². The number of aliphatic hydroxyl groups is 2. The zero-order valence-electron chi connectivity index (χ0n) is 22.2. The van der Waals surface area contributed by atoms with Crippen molar-refractivity contribution in [3.63, 3.8) is 0 Å². The van der Waals surface area contributed by atoms with Crippen molar-refractivity contribution in [1.29, 1.82) is 0 Å². The third kappa shape index (κ3) is 6.46. The molecule has 0 aliphatic carbocycles. The Morgan fingerprint density at radius 1 is 0.825 bits per heavy atom. The quantitative estimate of drug-likeness (QED) is 0.323. The van der Waals surface area contributed by atoms with Gasteiger partial charge in [-0.05, 0) is 12.8 Å². The van der Waals surface area contributed by atoms with Crippen LogP contribution in [0.2, 0.25) is 0 Å². The average Bonchev–Trinajstić information content (AvgIpc) is 3.30. The number of H-pyrrole nitrogens is 2. The predicted molar refractivity (Wildman–Crippen MR) is 144 cm³/mol. The Morgan fingerprint density at radius 2 is 1.15 bits per heavy atom. The van der Waals surface area contributed by atoms with Gasteiger partial charge in [-0.15, -0.1) is 12.8 Å². The van der Waals surface area contributed by atoms with Gasteiger partial charge < -0.3 is 19.7 Å². The van der Waals surface area contributed by atoms with Crippen LogP contribution in [0.1, 0.15) is 60.4 Å². The normalized spacial score (nSPS) is 32.4.